The molecule has 1 saturated carbocycles. The number of hydrogen-bond donors (Lipinski definition) is 2. The molecule has 1 aromatic carbocycles. The van der Waals surface area contributed by atoms with Gasteiger partial charge in [-0.15, -0.1) is 0 Å². The van der Waals surface area contributed by atoms with E-state index in [0.717, 1.165) is 11.1 Å². The standard InChI is InChI=1S/C20H19ClF2N6O/c1-12-8-25-19(27-15-6-20(22,23)7-15)28-17(12)29-10-16(26-11-29)18(30)24-9-13-3-2-4-14(21)5-13/h2-5,8,10-11,15H,6-7,9H2,1H3,(H,24,30)(H,25,27,28). The van der Waals surface area contributed by atoms with Gasteiger partial charge in [0.05, 0.1) is 0 Å². The average molecular weight is 433 g/mol. The second kappa shape index (κ2) is 7.98. The topological polar surface area (TPSA) is 84.7 Å². The van der Waals surface area contributed by atoms with Gasteiger partial charge >= 0.3 is 0 Å². The molecule has 1 aliphatic rings. The predicted octanol–water partition coefficient (Wildman–Crippen LogP) is 3.76. The van der Waals surface area contributed by atoms with Crippen LogP contribution in [-0.2, 0) is 6.54 Å². The van der Waals surface area contributed by atoms with Crippen LogP contribution in [0.15, 0.2) is 43.0 Å². The van der Waals surface area contributed by atoms with Gasteiger partial charge in [-0.3, -0.25) is 9.36 Å². The van der Waals surface area contributed by atoms with Gasteiger partial charge in [-0.2, -0.15) is 4.98 Å². The number of hydrogen-bond acceptors (Lipinski definition) is 5. The lowest BCUT2D eigenvalue weighted by Crippen LogP contribution is -2.44. The van der Waals surface area contributed by atoms with E-state index in [9.17, 15) is 13.6 Å². The van der Waals surface area contributed by atoms with Crippen LogP contribution < -0.4 is 10.6 Å². The molecule has 2 heterocycles. The second-order valence-electron chi connectivity index (χ2n) is 7.28. The molecule has 0 bridgehead atoms. The number of nitrogens with zero attached hydrogens (tertiary/aromatic N) is 4. The number of carbonyl (C=O) groups is 1. The molecule has 156 valence electrons. The molecular formula is C20H19ClF2N6O. The van der Waals surface area contributed by atoms with Gasteiger partial charge in [-0.1, -0.05) is 23.7 Å². The molecule has 7 nitrogen and oxygen atoms in total. The molecule has 0 unspecified atom stereocenters. The zero-order valence-corrected chi connectivity index (χ0v) is 16.8. The van der Waals surface area contributed by atoms with Gasteiger partial charge in [0.1, 0.15) is 17.8 Å². The number of imidazole rings is 1. The summed E-state index contributed by atoms with van der Waals surface area (Å²) in [5.74, 6) is -2.18. The molecule has 2 N–H and O–H groups in total. The molecule has 10 heteroatoms. The maximum absolute atomic E-state index is 13.0. The third-order valence-electron chi connectivity index (χ3n) is 4.77. The van der Waals surface area contributed by atoms with Crippen LogP contribution in [0.2, 0.25) is 5.02 Å². The number of alkyl halides is 2. The molecule has 0 saturated heterocycles. The highest BCUT2D eigenvalue weighted by molar-refractivity contribution is 6.30. The van der Waals surface area contributed by atoms with Gasteiger partial charge in [0.15, 0.2) is 0 Å². The number of halogens is 3. The summed E-state index contributed by atoms with van der Waals surface area (Å²) in [6.07, 6.45) is 4.17. The quantitative estimate of drug-likeness (QED) is 0.619. The largest absolute Gasteiger partial charge is 0.351 e. The highest BCUT2D eigenvalue weighted by atomic mass is 35.5. The molecule has 2 aromatic heterocycles. The van der Waals surface area contributed by atoms with Crippen molar-refractivity contribution >= 4 is 23.5 Å². The minimum absolute atomic E-state index is 0.225. The predicted molar refractivity (Wildman–Crippen MR) is 108 cm³/mol. The van der Waals surface area contributed by atoms with Gasteiger partial charge in [-0.05, 0) is 24.6 Å². The van der Waals surface area contributed by atoms with E-state index in [1.54, 1.807) is 29.1 Å². The average Bonchev–Trinajstić information content (AvgIpc) is 3.16. The molecule has 0 spiro atoms. The number of rotatable bonds is 6. The number of anilines is 1. The van der Waals surface area contributed by atoms with E-state index >= 15 is 0 Å². The van der Waals surface area contributed by atoms with Crippen LogP contribution in [0.3, 0.4) is 0 Å². The number of aryl methyl sites for hydroxylation is 1. The fourth-order valence-corrected chi connectivity index (χ4v) is 3.40. The Balaban J connectivity index is 1.44. The summed E-state index contributed by atoms with van der Waals surface area (Å²) in [7, 11) is 0. The first-order valence-corrected chi connectivity index (χ1v) is 9.72. The minimum atomic E-state index is -2.62. The second-order valence-corrected chi connectivity index (χ2v) is 7.72. The number of aromatic nitrogens is 4. The van der Waals surface area contributed by atoms with Crippen LogP contribution >= 0.6 is 11.6 Å². The molecule has 1 fully saturated rings. The van der Waals surface area contributed by atoms with Crippen LogP contribution in [0, 0.1) is 6.92 Å². The van der Waals surface area contributed by atoms with Crippen molar-refractivity contribution < 1.29 is 13.6 Å². The Bertz CT molecular complexity index is 1080. The summed E-state index contributed by atoms with van der Waals surface area (Å²) in [6, 6.07) is 6.86. The molecule has 3 aromatic rings. The van der Waals surface area contributed by atoms with Gasteiger partial charge < -0.3 is 10.6 Å². The van der Waals surface area contributed by atoms with Crippen molar-refractivity contribution in [1.82, 2.24) is 24.8 Å². The zero-order chi connectivity index (χ0) is 21.3. The monoisotopic (exact) mass is 432 g/mol. The SMILES string of the molecule is Cc1cnc(NC2CC(F)(F)C2)nc1-n1cnc(C(=O)NCc2cccc(Cl)c2)c1. The van der Waals surface area contributed by atoms with Gasteiger partial charge in [0.25, 0.3) is 11.8 Å². The third-order valence-corrected chi connectivity index (χ3v) is 5.01. The lowest BCUT2D eigenvalue weighted by molar-refractivity contribution is -0.0794. The van der Waals surface area contributed by atoms with Crippen molar-refractivity contribution in [2.24, 2.45) is 0 Å². The molecule has 1 aliphatic carbocycles. The molecule has 1 amide bonds. The number of amides is 1. The van der Waals surface area contributed by atoms with E-state index < -0.39 is 5.92 Å². The zero-order valence-electron chi connectivity index (χ0n) is 16.1. The summed E-state index contributed by atoms with van der Waals surface area (Å²) < 4.78 is 27.7. The highest BCUT2D eigenvalue weighted by Gasteiger charge is 2.45. The van der Waals surface area contributed by atoms with Crippen molar-refractivity contribution in [2.45, 2.75) is 38.3 Å². The summed E-state index contributed by atoms with van der Waals surface area (Å²) in [4.78, 5) is 25.1. The van der Waals surface area contributed by atoms with E-state index in [1.165, 1.54) is 6.33 Å². The smallest absolute Gasteiger partial charge is 0.271 e. The Morgan fingerprint density at radius 2 is 2.13 bits per heavy atom. The highest BCUT2D eigenvalue weighted by Crippen LogP contribution is 2.38. The van der Waals surface area contributed by atoms with E-state index in [0.29, 0.717) is 17.4 Å². The van der Waals surface area contributed by atoms with Crippen LogP contribution in [0.5, 0.6) is 0 Å². The number of carbonyl (C=O) groups excluding carboxylic acids is 1. The van der Waals surface area contributed by atoms with Crippen molar-refractivity contribution in [1.29, 1.82) is 0 Å². The van der Waals surface area contributed by atoms with Crippen LogP contribution in [0.4, 0.5) is 14.7 Å². The van der Waals surface area contributed by atoms with E-state index in [2.05, 4.69) is 25.6 Å². The van der Waals surface area contributed by atoms with Crippen LogP contribution in [-0.4, -0.2) is 37.4 Å². The summed E-state index contributed by atoms with van der Waals surface area (Å²) in [5, 5.41) is 6.31. The normalized spacial score (nSPS) is 15.5. The van der Waals surface area contributed by atoms with E-state index in [-0.39, 0.29) is 36.4 Å². The Kier molecular flexibility index (Phi) is 5.38. The molecular weight excluding hydrogens is 414 g/mol. The lowest BCUT2D eigenvalue weighted by Gasteiger charge is -2.35. The minimum Gasteiger partial charge on any atom is -0.351 e. The van der Waals surface area contributed by atoms with Crippen LogP contribution in [0.25, 0.3) is 5.82 Å². The fraction of sp³-hybridized carbons (Fsp3) is 0.300. The van der Waals surface area contributed by atoms with E-state index in [1.807, 2.05) is 19.1 Å². The third kappa shape index (κ3) is 4.56. The molecule has 30 heavy (non-hydrogen) atoms. The molecule has 0 aliphatic heterocycles. The Labute approximate surface area is 176 Å². The summed E-state index contributed by atoms with van der Waals surface area (Å²) in [5.41, 5.74) is 1.85. The van der Waals surface area contributed by atoms with Gasteiger partial charge in [0.2, 0.25) is 5.95 Å². The fourth-order valence-electron chi connectivity index (χ4n) is 3.19. The Morgan fingerprint density at radius 1 is 1.33 bits per heavy atom. The number of nitrogens with one attached hydrogen (secondary N) is 2. The van der Waals surface area contributed by atoms with Crippen molar-refractivity contribution in [3.63, 3.8) is 0 Å². The van der Waals surface area contributed by atoms with Crippen molar-refractivity contribution in [3.8, 4) is 5.82 Å². The first-order chi connectivity index (χ1) is 14.3. The van der Waals surface area contributed by atoms with Crippen molar-refractivity contribution in [3.05, 3.63) is 64.8 Å². The molecule has 0 radical (unpaired) electrons. The summed E-state index contributed by atoms with van der Waals surface area (Å²) in [6.45, 7) is 2.13. The molecule has 0 atom stereocenters. The first-order valence-electron chi connectivity index (χ1n) is 9.34. The first kappa shape index (κ1) is 20.2. The summed E-state index contributed by atoms with van der Waals surface area (Å²) >= 11 is 5.95. The van der Waals surface area contributed by atoms with Gasteiger partial charge in [-0.25, -0.2) is 18.7 Å². The Morgan fingerprint density at radius 3 is 2.87 bits per heavy atom. The van der Waals surface area contributed by atoms with E-state index in [4.69, 9.17) is 11.6 Å². The Hall–Kier alpha value is -3.07. The van der Waals surface area contributed by atoms with Crippen molar-refractivity contribution in [2.75, 3.05) is 5.32 Å². The lowest BCUT2D eigenvalue weighted by atomic mass is 9.88. The maximum Gasteiger partial charge on any atom is 0.271 e. The molecule has 4 rings (SSSR count). The van der Waals surface area contributed by atoms with Crippen LogP contribution in [0.1, 0.15) is 34.5 Å². The number of benzene rings is 1. The van der Waals surface area contributed by atoms with Gasteiger partial charge in [0, 0.05) is 48.4 Å². The maximum atomic E-state index is 13.0.